The topological polar surface area (TPSA) is 49.7 Å². The lowest BCUT2D eigenvalue weighted by molar-refractivity contribution is -0.165. The van der Waals surface area contributed by atoms with Gasteiger partial charge in [-0.2, -0.15) is 0 Å². The van der Waals surface area contributed by atoms with Gasteiger partial charge in [0.05, 0.1) is 19.3 Å². The minimum atomic E-state index is -0.203. The van der Waals surface area contributed by atoms with Crippen LogP contribution in [0.15, 0.2) is 35.9 Å². The molecule has 1 saturated heterocycles. The maximum absolute atomic E-state index is 10.2. The van der Waals surface area contributed by atoms with Crippen molar-refractivity contribution in [3.63, 3.8) is 0 Å². The molecule has 5 atom stereocenters. The molecule has 0 saturated carbocycles. The summed E-state index contributed by atoms with van der Waals surface area (Å²) in [7, 11) is 0. The molecule has 1 heterocycles. The van der Waals surface area contributed by atoms with E-state index in [0.717, 1.165) is 5.56 Å². The lowest BCUT2D eigenvalue weighted by Crippen LogP contribution is -2.53. The Balaban J connectivity index is 2.06. The van der Waals surface area contributed by atoms with Crippen LogP contribution in [-0.2, 0) is 4.74 Å². The van der Waals surface area contributed by atoms with Crippen molar-refractivity contribution in [3.8, 4) is 5.75 Å². The van der Waals surface area contributed by atoms with Gasteiger partial charge in [0.25, 0.3) is 0 Å². The van der Waals surface area contributed by atoms with Crippen molar-refractivity contribution in [1.82, 2.24) is 0 Å². The smallest absolute Gasteiger partial charge is 0.121 e. The first-order chi connectivity index (χ1) is 10.0. The maximum Gasteiger partial charge on any atom is 0.121 e. The third kappa shape index (κ3) is 2.02. The zero-order valence-corrected chi connectivity index (χ0v) is 12.9. The standard InChI is InChI=1S/C18H24O3/c1-11-8-12(2)18(9-19)10-21-17(16(11)13(18)3)14-6-4-5-7-15(14)20/h4-8,12-13,16-17,19-20H,9-10H2,1-3H3/t12-,13-,16+,17+,18+/m0/s1. The number of allylic oxidation sites excluding steroid dienone is 1. The van der Waals surface area contributed by atoms with Gasteiger partial charge in [-0.3, -0.25) is 0 Å². The van der Waals surface area contributed by atoms with E-state index < -0.39 is 0 Å². The Labute approximate surface area is 126 Å². The van der Waals surface area contributed by atoms with Crippen molar-refractivity contribution in [1.29, 1.82) is 0 Å². The fourth-order valence-electron chi connectivity index (χ4n) is 4.30. The largest absolute Gasteiger partial charge is 0.508 e. The first-order valence-electron chi connectivity index (χ1n) is 7.70. The first-order valence-corrected chi connectivity index (χ1v) is 7.70. The number of ether oxygens (including phenoxy) is 1. The van der Waals surface area contributed by atoms with Crippen LogP contribution in [0.2, 0.25) is 0 Å². The third-order valence-electron chi connectivity index (χ3n) is 5.79. The van der Waals surface area contributed by atoms with Crippen molar-refractivity contribution in [2.75, 3.05) is 13.2 Å². The van der Waals surface area contributed by atoms with Crippen LogP contribution in [0.5, 0.6) is 5.75 Å². The van der Waals surface area contributed by atoms with Gasteiger partial charge in [-0.1, -0.05) is 43.7 Å². The summed E-state index contributed by atoms with van der Waals surface area (Å²) in [5, 5.41) is 20.1. The molecule has 1 aromatic rings. The molecule has 2 bridgehead atoms. The molecule has 0 amide bonds. The van der Waals surface area contributed by atoms with Gasteiger partial charge in [-0.25, -0.2) is 0 Å². The van der Waals surface area contributed by atoms with Crippen LogP contribution in [0.3, 0.4) is 0 Å². The number of hydrogen-bond acceptors (Lipinski definition) is 3. The van der Waals surface area contributed by atoms with Crippen LogP contribution in [0.25, 0.3) is 0 Å². The highest BCUT2D eigenvalue weighted by atomic mass is 16.5. The number of aliphatic hydroxyl groups excluding tert-OH is 1. The number of phenolic OH excluding ortho intramolecular Hbond substituents is 1. The second-order valence-electron chi connectivity index (χ2n) is 6.70. The maximum atomic E-state index is 10.2. The van der Waals surface area contributed by atoms with E-state index >= 15 is 0 Å². The van der Waals surface area contributed by atoms with Crippen LogP contribution in [0.1, 0.15) is 32.4 Å². The van der Waals surface area contributed by atoms with E-state index in [9.17, 15) is 10.2 Å². The van der Waals surface area contributed by atoms with Crippen LogP contribution >= 0.6 is 0 Å². The number of para-hydroxylation sites is 1. The van der Waals surface area contributed by atoms with Gasteiger partial charge >= 0.3 is 0 Å². The van der Waals surface area contributed by atoms with Gasteiger partial charge in [0.15, 0.2) is 0 Å². The van der Waals surface area contributed by atoms with Crippen LogP contribution < -0.4 is 0 Å². The number of benzene rings is 1. The summed E-state index contributed by atoms with van der Waals surface area (Å²) >= 11 is 0. The fourth-order valence-corrected chi connectivity index (χ4v) is 4.30. The van der Waals surface area contributed by atoms with E-state index in [1.807, 2.05) is 18.2 Å². The molecule has 3 heteroatoms. The molecule has 0 radical (unpaired) electrons. The summed E-state index contributed by atoms with van der Waals surface area (Å²) in [5.41, 5.74) is 1.95. The Kier molecular flexibility index (Phi) is 3.58. The summed E-state index contributed by atoms with van der Waals surface area (Å²) < 4.78 is 6.16. The normalized spacial score (nSPS) is 39.0. The predicted molar refractivity (Wildman–Crippen MR) is 81.9 cm³/mol. The van der Waals surface area contributed by atoms with Crippen molar-refractivity contribution >= 4 is 0 Å². The van der Waals surface area contributed by atoms with Crippen molar-refractivity contribution in [2.45, 2.75) is 26.9 Å². The second-order valence-corrected chi connectivity index (χ2v) is 6.70. The summed E-state index contributed by atoms with van der Waals surface area (Å²) in [6.45, 7) is 7.19. The molecule has 3 rings (SSSR count). The molecule has 2 N–H and O–H groups in total. The number of hydrogen-bond donors (Lipinski definition) is 2. The molecule has 3 nitrogen and oxygen atoms in total. The molecule has 1 fully saturated rings. The van der Waals surface area contributed by atoms with Crippen molar-refractivity contribution in [3.05, 3.63) is 41.5 Å². The number of aliphatic hydroxyl groups is 1. The summed E-state index contributed by atoms with van der Waals surface area (Å²) in [4.78, 5) is 0. The van der Waals surface area contributed by atoms with E-state index in [-0.39, 0.29) is 29.8 Å². The molecule has 2 aliphatic rings. The molecular weight excluding hydrogens is 264 g/mol. The zero-order valence-electron chi connectivity index (χ0n) is 12.9. The van der Waals surface area contributed by atoms with Gasteiger partial charge in [-0.05, 0) is 24.8 Å². The average molecular weight is 288 g/mol. The number of aromatic hydroxyl groups is 1. The Morgan fingerprint density at radius 1 is 1.29 bits per heavy atom. The van der Waals surface area contributed by atoms with Crippen molar-refractivity contribution in [2.24, 2.45) is 23.2 Å². The molecule has 0 aromatic heterocycles. The summed E-state index contributed by atoms with van der Waals surface area (Å²) in [6, 6.07) is 7.40. The molecule has 1 aromatic carbocycles. The van der Waals surface area contributed by atoms with Gasteiger partial charge in [-0.15, -0.1) is 0 Å². The highest BCUT2D eigenvalue weighted by Crippen LogP contribution is 2.56. The summed E-state index contributed by atoms with van der Waals surface area (Å²) in [5.74, 6) is 1.12. The molecule has 21 heavy (non-hydrogen) atoms. The molecule has 1 aliphatic carbocycles. The lowest BCUT2D eigenvalue weighted by Gasteiger charge is -2.55. The summed E-state index contributed by atoms with van der Waals surface area (Å²) in [6.07, 6.45) is 2.14. The van der Waals surface area contributed by atoms with Gasteiger partial charge in [0.1, 0.15) is 5.75 Å². The minimum Gasteiger partial charge on any atom is -0.508 e. The van der Waals surface area contributed by atoms with Crippen LogP contribution in [0.4, 0.5) is 0 Å². The molecule has 114 valence electrons. The zero-order chi connectivity index (χ0) is 15.2. The first kappa shape index (κ1) is 14.6. The van der Waals surface area contributed by atoms with E-state index in [1.165, 1.54) is 5.57 Å². The minimum absolute atomic E-state index is 0.135. The third-order valence-corrected chi connectivity index (χ3v) is 5.79. The Morgan fingerprint density at radius 3 is 2.67 bits per heavy atom. The lowest BCUT2D eigenvalue weighted by atomic mass is 9.56. The van der Waals surface area contributed by atoms with Gasteiger partial charge in [0.2, 0.25) is 0 Å². The monoisotopic (exact) mass is 288 g/mol. The SMILES string of the molecule is CC1=C[C@H](C)[C@@]2(CO)CO[C@H](c3ccccc3O)[C@H]1[C@@H]2C. The predicted octanol–water partition coefficient (Wildman–Crippen LogP) is 3.29. The van der Waals surface area contributed by atoms with Crippen molar-refractivity contribution < 1.29 is 14.9 Å². The number of fused-ring (bicyclic) bond motifs is 2. The fraction of sp³-hybridized carbons (Fsp3) is 0.556. The van der Waals surface area contributed by atoms with E-state index in [2.05, 4.69) is 26.8 Å². The Bertz CT molecular complexity index is 565. The second kappa shape index (κ2) is 5.15. The molecule has 1 aliphatic heterocycles. The highest BCUT2D eigenvalue weighted by molar-refractivity contribution is 5.37. The Hall–Kier alpha value is -1.32. The Morgan fingerprint density at radius 2 is 2.00 bits per heavy atom. The molecular formula is C18H24O3. The average Bonchev–Trinajstić information content (AvgIpc) is 2.46. The quantitative estimate of drug-likeness (QED) is 0.821. The molecule has 0 spiro atoms. The molecule has 0 unspecified atom stereocenters. The number of phenols is 1. The van der Waals surface area contributed by atoms with Gasteiger partial charge in [0, 0.05) is 16.9 Å². The number of rotatable bonds is 2. The van der Waals surface area contributed by atoms with Crippen LogP contribution in [0, 0.1) is 23.2 Å². The van der Waals surface area contributed by atoms with Crippen LogP contribution in [-0.4, -0.2) is 23.4 Å². The van der Waals surface area contributed by atoms with E-state index in [0.29, 0.717) is 18.4 Å². The van der Waals surface area contributed by atoms with Gasteiger partial charge < -0.3 is 14.9 Å². The van der Waals surface area contributed by atoms with E-state index in [1.54, 1.807) is 6.07 Å². The highest BCUT2D eigenvalue weighted by Gasteiger charge is 2.53. The van der Waals surface area contributed by atoms with E-state index in [4.69, 9.17) is 4.74 Å².